The zero-order chi connectivity index (χ0) is 16.7. The van der Waals surface area contributed by atoms with E-state index in [0.29, 0.717) is 17.3 Å². The van der Waals surface area contributed by atoms with Crippen molar-refractivity contribution in [2.24, 2.45) is 0 Å². The van der Waals surface area contributed by atoms with Gasteiger partial charge in [-0.1, -0.05) is 17.3 Å². The summed E-state index contributed by atoms with van der Waals surface area (Å²) < 4.78 is 29.8. The van der Waals surface area contributed by atoms with E-state index in [1.165, 1.54) is 11.1 Å². The smallest absolute Gasteiger partial charge is 0.243 e. The van der Waals surface area contributed by atoms with Gasteiger partial charge in [-0.05, 0) is 43.4 Å². The van der Waals surface area contributed by atoms with E-state index in [4.69, 9.17) is 4.52 Å². The van der Waals surface area contributed by atoms with E-state index >= 15 is 0 Å². The second-order valence-corrected chi connectivity index (χ2v) is 7.89. The van der Waals surface area contributed by atoms with Crippen molar-refractivity contribution in [1.29, 1.82) is 0 Å². The summed E-state index contributed by atoms with van der Waals surface area (Å²) in [4.78, 5) is 4.17. The van der Waals surface area contributed by atoms with Crippen molar-refractivity contribution >= 4 is 9.84 Å². The normalized spacial score (nSPS) is 14.0. The van der Waals surface area contributed by atoms with E-state index in [9.17, 15) is 8.42 Å². The van der Waals surface area contributed by atoms with Gasteiger partial charge in [-0.25, -0.2) is 13.5 Å². The predicted molar refractivity (Wildman–Crippen MR) is 86.0 cm³/mol. The first-order valence-corrected chi connectivity index (χ1v) is 9.36. The third-order valence-corrected chi connectivity index (χ3v) is 5.58. The van der Waals surface area contributed by atoms with Crippen molar-refractivity contribution in [1.82, 2.24) is 20.3 Å². The quantitative estimate of drug-likeness (QED) is 0.779. The Morgan fingerprint density at radius 2 is 2.04 bits per heavy atom. The summed E-state index contributed by atoms with van der Waals surface area (Å²) in [5.41, 5.74) is 3.82. The Bertz CT molecular complexity index is 1000. The fourth-order valence-corrected chi connectivity index (χ4v) is 4.05. The molecule has 1 aliphatic carbocycles. The van der Waals surface area contributed by atoms with Gasteiger partial charge in [0.05, 0.1) is 5.69 Å². The predicted octanol–water partition coefficient (Wildman–Crippen LogP) is 2.23. The van der Waals surface area contributed by atoms with Gasteiger partial charge in [-0.3, -0.25) is 0 Å². The molecule has 8 heteroatoms. The van der Waals surface area contributed by atoms with Crippen LogP contribution in [0.15, 0.2) is 33.9 Å². The molecule has 4 rings (SSSR count). The first-order chi connectivity index (χ1) is 11.5. The van der Waals surface area contributed by atoms with Crippen LogP contribution < -0.4 is 0 Å². The number of nitrogens with zero attached hydrogens (tertiary/aromatic N) is 3. The first-order valence-electron chi connectivity index (χ1n) is 7.71. The van der Waals surface area contributed by atoms with Crippen LogP contribution in [0.25, 0.3) is 11.4 Å². The Balaban J connectivity index is 1.62. The molecule has 0 saturated carbocycles. The summed E-state index contributed by atoms with van der Waals surface area (Å²) in [5, 5.41) is 10.2. The van der Waals surface area contributed by atoms with Crippen LogP contribution in [0.3, 0.4) is 0 Å². The lowest BCUT2D eigenvalue weighted by Crippen LogP contribution is -2.07. The molecule has 0 radical (unpaired) electrons. The van der Waals surface area contributed by atoms with E-state index in [-0.39, 0.29) is 10.9 Å². The van der Waals surface area contributed by atoms with Gasteiger partial charge in [0, 0.05) is 11.6 Å². The van der Waals surface area contributed by atoms with Crippen LogP contribution in [0, 0.1) is 6.92 Å². The van der Waals surface area contributed by atoms with Gasteiger partial charge in [0.15, 0.2) is 5.82 Å². The largest absolute Gasteiger partial charge is 0.361 e. The van der Waals surface area contributed by atoms with Crippen molar-refractivity contribution in [2.45, 2.75) is 37.1 Å². The maximum atomic E-state index is 12.4. The molecule has 0 spiro atoms. The lowest BCUT2D eigenvalue weighted by molar-refractivity contribution is 0.392. The number of hydrogen-bond donors (Lipinski definition) is 1. The van der Waals surface area contributed by atoms with Crippen molar-refractivity contribution in [3.8, 4) is 11.4 Å². The van der Waals surface area contributed by atoms with Crippen LogP contribution >= 0.6 is 0 Å². The lowest BCUT2D eigenvalue weighted by atomic mass is 10.1. The highest BCUT2D eigenvalue weighted by molar-refractivity contribution is 7.90. The Labute approximate surface area is 139 Å². The van der Waals surface area contributed by atoms with Crippen LogP contribution in [-0.4, -0.2) is 28.8 Å². The molecule has 124 valence electrons. The number of hydrogen-bond acceptors (Lipinski definition) is 6. The van der Waals surface area contributed by atoms with E-state index in [1.807, 2.05) is 12.1 Å². The third-order valence-electron chi connectivity index (χ3n) is 4.13. The number of sulfone groups is 1. The standard InChI is InChI=1S/C16H16N4O3S/c1-10-7-14(20-23-10)9-24(21,22)16-17-15(18-19-16)13-6-5-11-3-2-4-12(11)8-13/h5-8H,2-4,9H2,1H3,(H,17,18,19). The summed E-state index contributed by atoms with van der Waals surface area (Å²) in [6.07, 6.45) is 3.30. The molecule has 0 unspecified atom stereocenters. The minimum Gasteiger partial charge on any atom is -0.361 e. The molecule has 0 amide bonds. The highest BCUT2D eigenvalue weighted by Gasteiger charge is 2.23. The second-order valence-electron chi connectivity index (χ2n) is 5.99. The highest BCUT2D eigenvalue weighted by atomic mass is 32.2. The average Bonchev–Trinajstić information content (AvgIpc) is 3.25. The van der Waals surface area contributed by atoms with Gasteiger partial charge in [0.25, 0.3) is 0 Å². The summed E-state index contributed by atoms with van der Waals surface area (Å²) in [5.74, 6) is 0.680. The minimum absolute atomic E-state index is 0.154. The number of aryl methyl sites for hydroxylation is 3. The van der Waals surface area contributed by atoms with E-state index in [2.05, 4.69) is 26.4 Å². The van der Waals surface area contributed by atoms with Crippen molar-refractivity contribution in [3.63, 3.8) is 0 Å². The minimum atomic E-state index is -3.65. The Kier molecular flexibility index (Phi) is 3.49. The zero-order valence-corrected chi connectivity index (χ0v) is 13.9. The van der Waals surface area contributed by atoms with Crippen LogP contribution in [0.1, 0.15) is 29.0 Å². The Morgan fingerprint density at radius 3 is 2.83 bits per heavy atom. The van der Waals surface area contributed by atoms with E-state index in [0.717, 1.165) is 24.8 Å². The maximum Gasteiger partial charge on any atom is 0.243 e. The third kappa shape index (κ3) is 2.73. The molecule has 7 nitrogen and oxygen atoms in total. The Morgan fingerprint density at radius 1 is 1.21 bits per heavy atom. The summed E-state index contributed by atoms with van der Waals surface area (Å²) in [7, 11) is -3.65. The molecule has 2 heterocycles. The lowest BCUT2D eigenvalue weighted by Gasteiger charge is -2.01. The Hall–Kier alpha value is -2.48. The van der Waals surface area contributed by atoms with Gasteiger partial charge in [0.2, 0.25) is 15.0 Å². The summed E-state index contributed by atoms with van der Waals surface area (Å²) in [6, 6.07) is 7.64. The van der Waals surface area contributed by atoms with Crippen molar-refractivity contribution in [3.05, 3.63) is 46.8 Å². The molecule has 1 aromatic carbocycles. The molecular weight excluding hydrogens is 328 g/mol. The molecule has 0 atom stereocenters. The number of nitrogens with one attached hydrogen (secondary N) is 1. The van der Waals surface area contributed by atoms with Gasteiger partial charge in [0.1, 0.15) is 11.5 Å². The number of rotatable bonds is 4. The molecule has 1 N–H and O–H groups in total. The molecule has 1 aliphatic rings. The molecule has 0 bridgehead atoms. The molecule has 0 saturated heterocycles. The van der Waals surface area contributed by atoms with Crippen LogP contribution in [0.5, 0.6) is 0 Å². The van der Waals surface area contributed by atoms with E-state index in [1.54, 1.807) is 13.0 Å². The van der Waals surface area contributed by atoms with Gasteiger partial charge < -0.3 is 4.52 Å². The monoisotopic (exact) mass is 344 g/mol. The molecule has 24 heavy (non-hydrogen) atoms. The van der Waals surface area contributed by atoms with Gasteiger partial charge in [-0.15, -0.1) is 0 Å². The first kappa shape index (κ1) is 15.1. The van der Waals surface area contributed by atoms with Crippen molar-refractivity contribution < 1.29 is 12.9 Å². The van der Waals surface area contributed by atoms with Gasteiger partial charge >= 0.3 is 0 Å². The number of H-pyrrole nitrogens is 1. The zero-order valence-electron chi connectivity index (χ0n) is 13.1. The van der Waals surface area contributed by atoms with E-state index < -0.39 is 9.84 Å². The number of fused-ring (bicyclic) bond motifs is 1. The average molecular weight is 344 g/mol. The molecule has 3 aromatic rings. The van der Waals surface area contributed by atoms with Crippen LogP contribution in [-0.2, 0) is 28.4 Å². The molecular formula is C16H16N4O3S. The SMILES string of the molecule is Cc1cc(CS(=O)(=O)c2nc(-c3ccc4c(c3)CCC4)n[nH]2)no1. The van der Waals surface area contributed by atoms with Crippen LogP contribution in [0.2, 0.25) is 0 Å². The summed E-state index contributed by atoms with van der Waals surface area (Å²) >= 11 is 0. The molecule has 2 aromatic heterocycles. The topological polar surface area (TPSA) is 102 Å². The second kappa shape index (κ2) is 5.55. The fraction of sp³-hybridized carbons (Fsp3) is 0.312. The van der Waals surface area contributed by atoms with Crippen molar-refractivity contribution in [2.75, 3.05) is 0 Å². The number of aromatic amines is 1. The van der Waals surface area contributed by atoms with Gasteiger partial charge in [-0.2, -0.15) is 10.1 Å². The van der Waals surface area contributed by atoms with Crippen LogP contribution in [0.4, 0.5) is 0 Å². The molecule has 0 aliphatic heterocycles. The number of aromatic nitrogens is 4. The highest BCUT2D eigenvalue weighted by Crippen LogP contribution is 2.27. The fourth-order valence-electron chi connectivity index (χ4n) is 2.98. The molecule has 0 fully saturated rings. The summed E-state index contributed by atoms with van der Waals surface area (Å²) in [6.45, 7) is 1.71. The number of benzene rings is 1. The maximum absolute atomic E-state index is 12.4.